The summed E-state index contributed by atoms with van der Waals surface area (Å²) in [4.78, 5) is 41.9. The lowest BCUT2D eigenvalue weighted by Crippen LogP contribution is -2.41. The number of pyridine rings is 1. The SMILES string of the molecule is CCCCNC(=O)[C@@H]1CCCC[C@@H]1C(=O)Nc1cccc(NC(=O)c2cccnc2)c1. The Kier molecular flexibility index (Phi) is 8.15. The molecule has 1 saturated carbocycles. The molecule has 3 amide bonds. The van der Waals surface area contributed by atoms with E-state index in [4.69, 9.17) is 0 Å². The van der Waals surface area contributed by atoms with E-state index < -0.39 is 0 Å². The fraction of sp³-hybridized carbons (Fsp3) is 0.417. The maximum absolute atomic E-state index is 13.0. The van der Waals surface area contributed by atoms with E-state index in [0.29, 0.717) is 29.9 Å². The standard InChI is InChI=1S/C24H30N4O3/c1-2-3-14-26-23(30)20-11-4-5-12-21(20)24(31)28-19-10-6-9-18(15-19)27-22(29)17-8-7-13-25-16-17/h6-10,13,15-16,20-21H,2-5,11-12,14H2,1H3,(H,26,30)(H,27,29)(H,28,31)/t20-,21+/m1/s1. The number of hydrogen-bond acceptors (Lipinski definition) is 4. The van der Waals surface area contributed by atoms with Gasteiger partial charge in [-0.25, -0.2) is 0 Å². The lowest BCUT2D eigenvalue weighted by molar-refractivity contribution is -0.134. The van der Waals surface area contributed by atoms with Crippen LogP contribution in [0, 0.1) is 11.8 Å². The Hall–Kier alpha value is -3.22. The average molecular weight is 423 g/mol. The van der Waals surface area contributed by atoms with Crippen molar-refractivity contribution in [3.8, 4) is 0 Å². The van der Waals surface area contributed by atoms with Gasteiger partial charge in [-0.1, -0.05) is 32.3 Å². The van der Waals surface area contributed by atoms with E-state index >= 15 is 0 Å². The van der Waals surface area contributed by atoms with Crippen LogP contribution in [0.1, 0.15) is 55.8 Å². The van der Waals surface area contributed by atoms with Crippen molar-refractivity contribution in [2.75, 3.05) is 17.2 Å². The highest BCUT2D eigenvalue weighted by Gasteiger charge is 2.35. The number of rotatable bonds is 8. The van der Waals surface area contributed by atoms with Crippen molar-refractivity contribution in [3.63, 3.8) is 0 Å². The van der Waals surface area contributed by atoms with Crippen molar-refractivity contribution in [2.45, 2.75) is 45.4 Å². The molecule has 0 radical (unpaired) electrons. The predicted octanol–water partition coefficient (Wildman–Crippen LogP) is 4.00. The zero-order chi connectivity index (χ0) is 22.1. The maximum atomic E-state index is 13.0. The van der Waals surface area contributed by atoms with Crippen molar-refractivity contribution >= 4 is 29.1 Å². The Labute approximate surface area is 183 Å². The highest BCUT2D eigenvalue weighted by molar-refractivity contribution is 6.04. The van der Waals surface area contributed by atoms with Gasteiger partial charge in [-0.15, -0.1) is 0 Å². The summed E-state index contributed by atoms with van der Waals surface area (Å²) in [6.07, 6.45) is 8.40. The van der Waals surface area contributed by atoms with E-state index in [-0.39, 0.29) is 29.6 Å². The number of unbranched alkanes of at least 4 members (excludes halogenated alkanes) is 1. The number of carbonyl (C=O) groups excluding carboxylic acids is 3. The number of aromatic nitrogens is 1. The summed E-state index contributed by atoms with van der Waals surface area (Å²) >= 11 is 0. The van der Waals surface area contributed by atoms with Crippen LogP contribution in [0.4, 0.5) is 11.4 Å². The maximum Gasteiger partial charge on any atom is 0.257 e. The van der Waals surface area contributed by atoms with Crippen LogP contribution in [0.3, 0.4) is 0 Å². The molecule has 3 rings (SSSR count). The first-order chi connectivity index (χ1) is 15.1. The predicted molar refractivity (Wildman–Crippen MR) is 121 cm³/mol. The normalized spacial score (nSPS) is 18.1. The quantitative estimate of drug-likeness (QED) is 0.560. The van der Waals surface area contributed by atoms with Crippen molar-refractivity contribution in [1.82, 2.24) is 10.3 Å². The number of nitrogens with one attached hydrogen (secondary N) is 3. The Balaban J connectivity index is 1.63. The summed E-state index contributed by atoms with van der Waals surface area (Å²) in [7, 11) is 0. The third-order valence-corrected chi connectivity index (χ3v) is 5.58. The molecule has 1 aliphatic rings. The molecule has 3 N–H and O–H groups in total. The second-order valence-electron chi connectivity index (χ2n) is 7.91. The number of carbonyl (C=O) groups is 3. The van der Waals surface area contributed by atoms with Crippen LogP contribution in [-0.4, -0.2) is 29.3 Å². The molecule has 0 spiro atoms. The number of benzene rings is 1. The van der Waals surface area contributed by atoms with Gasteiger partial charge in [-0.05, 0) is 49.6 Å². The fourth-order valence-electron chi connectivity index (χ4n) is 3.89. The first-order valence-electron chi connectivity index (χ1n) is 11.0. The molecular weight excluding hydrogens is 392 g/mol. The van der Waals surface area contributed by atoms with Crippen molar-refractivity contribution in [2.24, 2.45) is 11.8 Å². The Morgan fingerprint density at radius 2 is 1.68 bits per heavy atom. The van der Waals surface area contributed by atoms with Crippen molar-refractivity contribution in [1.29, 1.82) is 0 Å². The molecule has 0 aliphatic heterocycles. The second-order valence-corrected chi connectivity index (χ2v) is 7.91. The van der Waals surface area contributed by atoms with E-state index in [9.17, 15) is 14.4 Å². The number of nitrogens with zero attached hydrogens (tertiary/aromatic N) is 1. The molecule has 1 aromatic heterocycles. The lowest BCUT2D eigenvalue weighted by atomic mass is 9.78. The van der Waals surface area contributed by atoms with Gasteiger partial charge in [0.05, 0.1) is 5.56 Å². The van der Waals surface area contributed by atoms with Gasteiger partial charge in [-0.3, -0.25) is 19.4 Å². The third-order valence-electron chi connectivity index (χ3n) is 5.58. The molecule has 1 heterocycles. The van der Waals surface area contributed by atoms with Gasteiger partial charge in [-0.2, -0.15) is 0 Å². The van der Waals surface area contributed by atoms with E-state index in [2.05, 4.69) is 27.9 Å². The van der Waals surface area contributed by atoms with Gasteiger partial charge in [0.25, 0.3) is 5.91 Å². The molecule has 0 bridgehead atoms. The number of hydrogen-bond donors (Lipinski definition) is 3. The van der Waals surface area contributed by atoms with Crippen LogP contribution in [0.5, 0.6) is 0 Å². The van der Waals surface area contributed by atoms with Gasteiger partial charge in [0, 0.05) is 42.1 Å². The zero-order valence-corrected chi connectivity index (χ0v) is 17.9. The molecule has 1 aromatic carbocycles. The Morgan fingerprint density at radius 1 is 0.968 bits per heavy atom. The number of anilines is 2. The molecule has 7 heteroatoms. The molecule has 7 nitrogen and oxygen atoms in total. The van der Waals surface area contributed by atoms with E-state index in [1.807, 2.05) is 0 Å². The summed E-state index contributed by atoms with van der Waals surface area (Å²) in [5.41, 5.74) is 1.62. The monoisotopic (exact) mass is 422 g/mol. The molecule has 1 fully saturated rings. The van der Waals surface area contributed by atoms with Crippen LogP contribution >= 0.6 is 0 Å². The molecule has 2 atom stereocenters. The summed E-state index contributed by atoms with van der Waals surface area (Å²) in [6, 6.07) is 10.4. The molecule has 1 aliphatic carbocycles. The van der Waals surface area contributed by atoms with Gasteiger partial charge in [0.1, 0.15) is 0 Å². The Morgan fingerprint density at radius 3 is 2.35 bits per heavy atom. The van der Waals surface area contributed by atoms with Crippen LogP contribution < -0.4 is 16.0 Å². The summed E-state index contributed by atoms with van der Waals surface area (Å²) in [5, 5.41) is 8.72. The minimum absolute atomic E-state index is 0.0224. The first kappa shape index (κ1) is 22.5. The van der Waals surface area contributed by atoms with Crippen molar-refractivity contribution < 1.29 is 14.4 Å². The van der Waals surface area contributed by atoms with Gasteiger partial charge in [0.15, 0.2) is 0 Å². The molecule has 2 aromatic rings. The molecular formula is C24H30N4O3. The Bertz CT molecular complexity index is 901. The zero-order valence-electron chi connectivity index (χ0n) is 17.9. The van der Waals surface area contributed by atoms with Gasteiger partial charge >= 0.3 is 0 Å². The van der Waals surface area contributed by atoms with Crippen LogP contribution in [-0.2, 0) is 9.59 Å². The highest BCUT2D eigenvalue weighted by atomic mass is 16.2. The molecule has 31 heavy (non-hydrogen) atoms. The first-order valence-corrected chi connectivity index (χ1v) is 11.0. The van der Waals surface area contributed by atoms with Gasteiger partial charge < -0.3 is 16.0 Å². The summed E-state index contributed by atoms with van der Waals surface area (Å²) in [6.45, 7) is 2.73. The highest BCUT2D eigenvalue weighted by Crippen LogP contribution is 2.31. The summed E-state index contributed by atoms with van der Waals surface area (Å²) in [5.74, 6) is -1.08. The van der Waals surface area contributed by atoms with E-state index in [0.717, 1.165) is 32.1 Å². The minimum Gasteiger partial charge on any atom is -0.356 e. The topological polar surface area (TPSA) is 100 Å². The van der Waals surface area contributed by atoms with Gasteiger partial charge in [0.2, 0.25) is 11.8 Å². The minimum atomic E-state index is -0.344. The van der Waals surface area contributed by atoms with Crippen LogP contribution in [0.2, 0.25) is 0 Å². The lowest BCUT2D eigenvalue weighted by Gasteiger charge is -2.29. The van der Waals surface area contributed by atoms with E-state index in [1.165, 1.54) is 6.20 Å². The average Bonchev–Trinajstić information content (AvgIpc) is 2.80. The van der Waals surface area contributed by atoms with Crippen LogP contribution in [0.25, 0.3) is 0 Å². The fourth-order valence-corrected chi connectivity index (χ4v) is 3.89. The largest absolute Gasteiger partial charge is 0.356 e. The third kappa shape index (κ3) is 6.38. The molecule has 164 valence electrons. The summed E-state index contributed by atoms with van der Waals surface area (Å²) < 4.78 is 0. The second kappa shape index (κ2) is 11.2. The van der Waals surface area contributed by atoms with Crippen LogP contribution in [0.15, 0.2) is 48.8 Å². The van der Waals surface area contributed by atoms with E-state index in [1.54, 1.807) is 42.6 Å². The number of amides is 3. The molecule has 0 saturated heterocycles. The molecule has 0 unspecified atom stereocenters. The van der Waals surface area contributed by atoms with Crippen molar-refractivity contribution in [3.05, 3.63) is 54.4 Å². The smallest absolute Gasteiger partial charge is 0.257 e.